The number of nitriles is 1. The summed E-state index contributed by atoms with van der Waals surface area (Å²) < 4.78 is 10.3. The number of ether oxygens (including phenoxy) is 2. The van der Waals surface area contributed by atoms with Crippen LogP contribution < -0.4 is 5.73 Å². The molecule has 9 heteroatoms. The zero-order chi connectivity index (χ0) is 19.4. The SMILES string of the molecule is CCOC(=O)c1sc(N)c(C#N)c1COC(=O)c1ccc2nccnc2c1. The van der Waals surface area contributed by atoms with Crippen LogP contribution >= 0.6 is 11.3 Å². The van der Waals surface area contributed by atoms with Crippen molar-refractivity contribution in [2.24, 2.45) is 0 Å². The van der Waals surface area contributed by atoms with Crippen molar-refractivity contribution in [3.8, 4) is 6.07 Å². The molecule has 0 atom stereocenters. The van der Waals surface area contributed by atoms with E-state index in [2.05, 4.69) is 9.97 Å². The van der Waals surface area contributed by atoms with Gasteiger partial charge in [0.05, 0.1) is 28.8 Å². The minimum atomic E-state index is -0.619. The molecule has 27 heavy (non-hydrogen) atoms. The summed E-state index contributed by atoms with van der Waals surface area (Å²) in [5.41, 5.74) is 7.63. The number of hydrogen-bond acceptors (Lipinski definition) is 9. The Morgan fingerprint density at radius 1 is 1.19 bits per heavy atom. The third-order valence-electron chi connectivity index (χ3n) is 3.66. The Balaban J connectivity index is 1.84. The molecule has 0 saturated carbocycles. The molecule has 0 amide bonds. The fraction of sp³-hybridized carbons (Fsp3) is 0.167. The van der Waals surface area contributed by atoms with Crippen molar-refractivity contribution < 1.29 is 19.1 Å². The van der Waals surface area contributed by atoms with Gasteiger partial charge in [0.25, 0.3) is 0 Å². The fourth-order valence-electron chi connectivity index (χ4n) is 2.42. The first-order valence-electron chi connectivity index (χ1n) is 7.91. The maximum Gasteiger partial charge on any atom is 0.348 e. The molecule has 0 unspecified atom stereocenters. The second-order valence-corrected chi connectivity index (χ2v) is 6.37. The van der Waals surface area contributed by atoms with E-state index in [0.29, 0.717) is 11.0 Å². The maximum absolute atomic E-state index is 12.4. The predicted octanol–water partition coefficient (Wildman–Crippen LogP) is 2.68. The molecule has 0 fully saturated rings. The standard InChI is InChI=1S/C18H14N4O4S/c1-2-25-18(24)15-12(11(8-19)16(20)27-15)9-26-17(23)10-3-4-13-14(7-10)22-6-5-21-13/h3-7H,2,9,20H2,1H3. The Labute approximate surface area is 158 Å². The van der Waals surface area contributed by atoms with Crippen LogP contribution in [0, 0.1) is 11.3 Å². The van der Waals surface area contributed by atoms with Gasteiger partial charge in [-0.15, -0.1) is 11.3 Å². The van der Waals surface area contributed by atoms with Crippen molar-refractivity contribution in [2.45, 2.75) is 13.5 Å². The number of carbonyl (C=O) groups excluding carboxylic acids is 2. The van der Waals surface area contributed by atoms with Crippen LogP contribution in [0.25, 0.3) is 11.0 Å². The van der Waals surface area contributed by atoms with E-state index >= 15 is 0 Å². The first-order chi connectivity index (χ1) is 13.0. The van der Waals surface area contributed by atoms with Crippen molar-refractivity contribution in [3.05, 3.63) is 52.2 Å². The minimum absolute atomic E-state index is 0.111. The molecular formula is C18H14N4O4S. The van der Waals surface area contributed by atoms with Crippen molar-refractivity contribution in [2.75, 3.05) is 12.3 Å². The normalized spacial score (nSPS) is 10.4. The number of nitrogen functional groups attached to an aromatic ring is 1. The minimum Gasteiger partial charge on any atom is -0.462 e. The summed E-state index contributed by atoms with van der Waals surface area (Å²) in [6.07, 6.45) is 3.08. The molecule has 3 rings (SSSR count). The van der Waals surface area contributed by atoms with Gasteiger partial charge in [-0.3, -0.25) is 9.97 Å². The third kappa shape index (κ3) is 3.70. The molecule has 136 valence electrons. The van der Waals surface area contributed by atoms with Gasteiger partial charge in [0.2, 0.25) is 0 Å². The second kappa shape index (κ2) is 7.80. The van der Waals surface area contributed by atoms with Gasteiger partial charge >= 0.3 is 11.9 Å². The lowest BCUT2D eigenvalue weighted by Crippen LogP contribution is -2.10. The van der Waals surface area contributed by atoms with E-state index in [1.807, 2.05) is 6.07 Å². The molecule has 0 aliphatic rings. The number of esters is 2. The molecule has 0 bridgehead atoms. The second-order valence-electron chi connectivity index (χ2n) is 5.32. The van der Waals surface area contributed by atoms with Gasteiger partial charge in [-0.05, 0) is 25.1 Å². The first-order valence-corrected chi connectivity index (χ1v) is 8.73. The number of carbonyl (C=O) groups is 2. The molecule has 2 heterocycles. The number of thiophene rings is 1. The molecular weight excluding hydrogens is 368 g/mol. The van der Waals surface area contributed by atoms with Crippen LogP contribution in [-0.2, 0) is 16.1 Å². The van der Waals surface area contributed by atoms with Crippen LogP contribution in [0.1, 0.15) is 38.1 Å². The summed E-state index contributed by atoms with van der Waals surface area (Å²) in [6, 6.07) is 6.72. The molecule has 0 radical (unpaired) electrons. The van der Waals surface area contributed by atoms with Crippen molar-refractivity contribution in [3.63, 3.8) is 0 Å². The topological polar surface area (TPSA) is 128 Å². The highest BCUT2D eigenvalue weighted by molar-refractivity contribution is 7.18. The van der Waals surface area contributed by atoms with Crippen molar-refractivity contribution in [1.29, 1.82) is 5.26 Å². The van der Waals surface area contributed by atoms with Crippen LogP contribution in [0.4, 0.5) is 5.00 Å². The van der Waals surface area contributed by atoms with Gasteiger partial charge < -0.3 is 15.2 Å². The predicted molar refractivity (Wildman–Crippen MR) is 98.1 cm³/mol. The van der Waals surface area contributed by atoms with E-state index in [-0.39, 0.29) is 39.8 Å². The summed E-state index contributed by atoms with van der Waals surface area (Å²) in [5, 5.41) is 9.47. The molecule has 0 saturated heterocycles. The lowest BCUT2D eigenvalue weighted by Gasteiger charge is -2.07. The van der Waals surface area contributed by atoms with Crippen LogP contribution in [-0.4, -0.2) is 28.5 Å². The number of benzene rings is 1. The summed E-state index contributed by atoms with van der Waals surface area (Å²) in [5.74, 6) is -1.23. The van der Waals surface area contributed by atoms with Gasteiger partial charge in [0.15, 0.2) is 0 Å². The smallest absolute Gasteiger partial charge is 0.348 e. The third-order valence-corrected chi connectivity index (χ3v) is 4.70. The molecule has 8 nitrogen and oxygen atoms in total. The van der Waals surface area contributed by atoms with Crippen molar-refractivity contribution >= 4 is 39.3 Å². The van der Waals surface area contributed by atoms with Gasteiger partial charge in [-0.25, -0.2) is 9.59 Å². The van der Waals surface area contributed by atoms with Gasteiger partial charge in [-0.1, -0.05) is 0 Å². The van der Waals surface area contributed by atoms with Crippen molar-refractivity contribution in [1.82, 2.24) is 9.97 Å². The first kappa shape index (κ1) is 18.3. The average molecular weight is 382 g/mol. The van der Waals surface area contributed by atoms with Gasteiger partial charge in [-0.2, -0.15) is 5.26 Å². The Hall–Kier alpha value is -3.51. The Bertz CT molecular complexity index is 1070. The average Bonchev–Trinajstić information content (AvgIpc) is 3.01. The number of anilines is 1. The highest BCUT2D eigenvalue weighted by atomic mass is 32.1. The van der Waals surface area contributed by atoms with E-state index in [0.717, 1.165) is 11.3 Å². The van der Waals surface area contributed by atoms with E-state index < -0.39 is 11.9 Å². The van der Waals surface area contributed by atoms with E-state index in [1.54, 1.807) is 31.3 Å². The monoisotopic (exact) mass is 382 g/mol. The molecule has 2 N–H and O–H groups in total. The van der Waals surface area contributed by atoms with Crippen LogP contribution in [0.5, 0.6) is 0 Å². The number of nitrogens with zero attached hydrogens (tertiary/aromatic N) is 3. The Morgan fingerprint density at radius 3 is 2.63 bits per heavy atom. The molecule has 0 spiro atoms. The number of rotatable bonds is 5. The number of aromatic nitrogens is 2. The molecule has 0 aliphatic heterocycles. The number of fused-ring (bicyclic) bond motifs is 1. The fourth-order valence-corrected chi connectivity index (χ4v) is 3.34. The van der Waals surface area contributed by atoms with Gasteiger partial charge in [0, 0.05) is 18.0 Å². The number of nitrogens with two attached hydrogens (primary N) is 1. The van der Waals surface area contributed by atoms with Crippen LogP contribution in [0.2, 0.25) is 0 Å². The zero-order valence-corrected chi connectivity index (χ0v) is 15.1. The summed E-state index contributed by atoms with van der Waals surface area (Å²) in [4.78, 5) is 32.9. The highest BCUT2D eigenvalue weighted by Gasteiger charge is 2.24. The molecule has 0 aliphatic carbocycles. The maximum atomic E-state index is 12.4. The molecule has 2 aromatic heterocycles. The number of hydrogen-bond donors (Lipinski definition) is 1. The van der Waals surface area contributed by atoms with E-state index in [9.17, 15) is 14.9 Å². The van der Waals surface area contributed by atoms with Gasteiger partial charge in [0.1, 0.15) is 22.6 Å². The Kier molecular flexibility index (Phi) is 5.28. The summed E-state index contributed by atoms with van der Waals surface area (Å²) in [7, 11) is 0. The molecule has 1 aromatic carbocycles. The highest BCUT2D eigenvalue weighted by Crippen LogP contribution is 2.32. The van der Waals surface area contributed by atoms with E-state index in [1.165, 1.54) is 6.20 Å². The quantitative estimate of drug-likeness (QED) is 0.667. The summed E-state index contributed by atoms with van der Waals surface area (Å²) in [6.45, 7) is 1.57. The zero-order valence-electron chi connectivity index (χ0n) is 14.3. The lowest BCUT2D eigenvalue weighted by molar-refractivity contribution is 0.0453. The largest absolute Gasteiger partial charge is 0.462 e. The van der Waals surface area contributed by atoms with Crippen LogP contribution in [0.3, 0.4) is 0 Å². The summed E-state index contributed by atoms with van der Waals surface area (Å²) >= 11 is 0.934. The Morgan fingerprint density at radius 2 is 1.93 bits per heavy atom. The van der Waals surface area contributed by atoms with Crippen LogP contribution in [0.15, 0.2) is 30.6 Å². The van der Waals surface area contributed by atoms with E-state index in [4.69, 9.17) is 15.2 Å². The lowest BCUT2D eigenvalue weighted by atomic mass is 10.1. The molecule has 3 aromatic rings.